The summed E-state index contributed by atoms with van der Waals surface area (Å²) in [5, 5.41) is 2.51. The summed E-state index contributed by atoms with van der Waals surface area (Å²) in [6, 6.07) is 21.3. The van der Waals surface area contributed by atoms with Gasteiger partial charge < -0.3 is 18.6 Å². The van der Waals surface area contributed by atoms with Crippen LogP contribution < -0.4 is 10.4 Å². The minimum absolute atomic E-state index is 0.00319. The maximum absolute atomic E-state index is 6.86. The molecule has 1 aliphatic rings. The summed E-state index contributed by atoms with van der Waals surface area (Å²) in [6.45, 7) is 7.36. The van der Waals surface area contributed by atoms with E-state index < -0.39 is 8.32 Å². The van der Waals surface area contributed by atoms with Gasteiger partial charge in [-0.2, -0.15) is 0 Å². The number of hydrogen-bond donors (Lipinski definition) is 0. The Kier molecular flexibility index (Phi) is 6.18. The van der Waals surface area contributed by atoms with E-state index >= 15 is 0 Å². The van der Waals surface area contributed by atoms with Gasteiger partial charge in [-0.05, 0) is 15.4 Å². The zero-order valence-electron chi connectivity index (χ0n) is 16.8. The molecule has 5 heteroatoms. The molecule has 1 saturated heterocycles. The highest BCUT2D eigenvalue weighted by Gasteiger charge is 2.53. The molecular formula is C22H30O4Si. The quantitative estimate of drug-likeness (QED) is 0.397. The number of hydrogen-bond acceptors (Lipinski definition) is 4. The van der Waals surface area contributed by atoms with Gasteiger partial charge in [-0.15, -0.1) is 0 Å². The summed E-state index contributed by atoms with van der Waals surface area (Å²) in [5.74, 6) is 0. The van der Waals surface area contributed by atoms with Crippen LogP contribution in [0.4, 0.5) is 0 Å². The first-order valence-corrected chi connectivity index (χ1v) is 11.3. The summed E-state index contributed by atoms with van der Waals surface area (Å²) >= 11 is 0. The van der Waals surface area contributed by atoms with Crippen LogP contribution >= 0.6 is 0 Å². The van der Waals surface area contributed by atoms with Crippen molar-refractivity contribution in [3.63, 3.8) is 0 Å². The summed E-state index contributed by atoms with van der Waals surface area (Å²) in [7, 11) is 0.751. The average Bonchev–Trinajstić information content (AvgIpc) is 3.43. The van der Waals surface area contributed by atoms with Gasteiger partial charge >= 0.3 is 0 Å². The van der Waals surface area contributed by atoms with Gasteiger partial charge in [0.05, 0.1) is 6.61 Å². The van der Waals surface area contributed by atoms with E-state index in [0.29, 0.717) is 6.61 Å². The van der Waals surface area contributed by atoms with Crippen LogP contribution in [-0.4, -0.2) is 47.6 Å². The molecule has 0 radical (unpaired) electrons. The lowest BCUT2D eigenvalue weighted by Crippen LogP contribution is -2.66. The Morgan fingerprint density at radius 2 is 1.37 bits per heavy atom. The van der Waals surface area contributed by atoms with E-state index in [-0.39, 0.29) is 23.5 Å². The van der Waals surface area contributed by atoms with E-state index in [1.165, 1.54) is 10.4 Å². The van der Waals surface area contributed by atoms with Crippen LogP contribution in [0.1, 0.15) is 20.8 Å². The molecule has 27 heavy (non-hydrogen) atoms. The molecule has 0 bridgehead atoms. The van der Waals surface area contributed by atoms with Crippen LogP contribution in [0.25, 0.3) is 0 Å². The van der Waals surface area contributed by atoms with Crippen molar-refractivity contribution in [3.8, 4) is 0 Å². The molecule has 4 nitrogen and oxygen atoms in total. The van der Waals surface area contributed by atoms with E-state index in [1.54, 1.807) is 14.2 Å². The standard InChI is InChI=1S/C22H30O4Si/c1-22(2,3)27(17-12-8-6-9-13-17,18-14-10-7-11-15-18)25-16-19-20(26-19)21(23-4)24-5/h6-15,19-21H,16H2,1-5H3/t19-,20-/m1/s1. The average molecular weight is 387 g/mol. The molecule has 0 amide bonds. The van der Waals surface area contributed by atoms with E-state index in [4.69, 9.17) is 18.6 Å². The largest absolute Gasteiger partial charge is 0.405 e. The predicted molar refractivity (Wildman–Crippen MR) is 110 cm³/mol. The van der Waals surface area contributed by atoms with Crippen molar-refractivity contribution in [2.24, 2.45) is 0 Å². The van der Waals surface area contributed by atoms with Gasteiger partial charge in [-0.1, -0.05) is 81.4 Å². The number of methoxy groups -OCH3 is 2. The maximum Gasteiger partial charge on any atom is 0.261 e. The monoisotopic (exact) mass is 386 g/mol. The fourth-order valence-electron chi connectivity index (χ4n) is 3.86. The van der Waals surface area contributed by atoms with E-state index in [0.717, 1.165) is 0 Å². The Morgan fingerprint density at radius 1 is 0.889 bits per heavy atom. The fourth-order valence-corrected chi connectivity index (χ4v) is 8.43. The first-order chi connectivity index (χ1) is 12.9. The molecule has 1 heterocycles. The van der Waals surface area contributed by atoms with Crippen LogP contribution in [-0.2, 0) is 18.6 Å². The Balaban J connectivity index is 1.93. The highest BCUT2D eigenvalue weighted by atomic mass is 28.4. The second-order valence-corrected chi connectivity index (χ2v) is 12.3. The Bertz CT molecular complexity index is 671. The molecule has 0 aromatic heterocycles. The summed E-state index contributed by atoms with van der Waals surface area (Å²) < 4.78 is 23.3. The van der Waals surface area contributed by atoms with Crippen molar-refractivity contribution >= 4 is 18.7 Å². The molecule has 1 fully saturated rings. The Hall–Kier alpha value is -1.50. The summed E-state index contributed by atoms with van der Waals surface area (Å²) in [4.78, 5) is 0. The molecule has 3 rings (SSSR count). The van der Waals surface area contributed by atoms with Crippen LogP contribution in [0.15, 0.2) is 60.7 Å². The van der Waals surface area contributed by atoms with Crippen molar-refractivity contribution in [2.45, 2.75) is 44.3 Å². The third-order valence-electron chi connectivity index (χ3n) is 5.24. The van der Waals surface area contributed by atoms with E-state index in [9.17, 15) is 0 Å². The molecule has 2 aromatic rings. The fraction of sp³-hybridized carbons (Fsp3) is 0.455. The first-order valence-electron chi connectivity index (χ1n) is 9.40. The first kappa shape index (κ1) is 20.2. The molecule has 0 N–H and O–H groups in total. The van der Waals surface area contributed by atoms with Crippen LogP contribution in [0.5, 0.6) is 0 Å². The van der Waals surface area contributed by atoms with Crippen LogP contribution in [0.3, 0.4) is 0 Å². The van der Waals surface area contributed by atoms with Crippen molar-refractivity contribution in [3.05, 3.63) is 60.7 Å². The summed E-state index contributed by atoms with van der Waals surface area (Å²) in [6.07, 6.45) is -0.424. The van der Waals surface area contributed by atoms with Gasteiger partial charge in [0.1, 0.15) is 12.2 Å². The van der Waals surface area contributed by atoms with Crippen LogP contribution in [0, 0.1) is 0 Å². The minimum Gasteiger partial charge on any atom is -0.405 e. The lowest BCUT2D eigenvalue weighted by molar-refractivity contribution is -0.115. The zero-order chi connectivity index (χ0) is 19.5. The van der Waals surface area contributed by atoms with Crippen molar-refractivity contribution in [2.75, 3.05) is 20.8 Å². The number of ether oxygens (including phenoxy) is 3. The highest BCUT2D eigenvalue weighted by Crippen LogP contribution is 2.38. The Labute approximate surface area is 163 Å². The SMILES string of the molecule is COC(OC)[C@@H]1O[C@@H]1CO[Si](c1ccccc1)(c1ccccc1)C(C)(C)C. The Morgan fingerprint density at radius 3 is 1.78 bits per heavy atom. The molecule has 146 valence electrons. The van der Waals surface area contributed by atoms with Gasteiger partial charge in [0.15, 0.2) is 6.29 Å². The third-order valence-corrected chi connectivity index (χ3v) is 10.2. The second kappa shape index (κ2) is 8.25. The van der Waals surface area contributed by atoms with Gasteiger partial charge in [0.25, 0.3) is 8.32 Å². The van der Waals surface area contributed by atoms with Gasteiger partial charge in [0, 0.05) is 14.2 Å². The molecule has 2 atom stereocenters. The zero-order valence-corrected chi connectivity index (χ0v) is 17.8. The minimum atomic E-state index is -2.52. The van der Waals surface area contributed by atoms with E-state index in [1.807, 2.05) is 0 Å². The predicted octanol–water partition coefficient (Wildman–Crippen LogP) is 2.95. The molecule has 0 spiro atoms. The van der Waals surface area contributed by atoms with Crippen molar-refractivity contribution in [1.82, 2.24) is 0 Å². The third kappa shape index (κ3) is 4.03. The van der Waals surface area contributed by atoms with Crippen molar-refractivity contribution < 1.29 is 18.6 Å². The smallest absolute Gasteiger partial charge is 0.261 e. The highest BCUT2D eigenvalue weighted by molar-refractivity contribution is 6.99. The van der Waals surface area contributed by atoms with Gasteiger partial charge in [0.2, 0.25) is 0 Å². The van der Waals surface area contributed by atoms with Crippen LogP contribution in [0.2, 0.25) is 5.04 Å². The van der Waals surface area contributed by atoms with E-state index in [2.05, 4.69) is 81.4 Å². The maximum atomic E-state index is 6.86. The molecule has 1 aliphatic heterocycles. The number of benzene rings is 2. The normalized spacial score (nSPS) is 20.1. The number of epoxide rings is 1. The number of rotatable bonds is 8. The van der Waals surface area contributed by atoms with Gasteiger partial charge in [-0.3, -0.25) is 0 Å². The lowest BCUT2D eigenvalue weighted by atomic mass is 10.2. The molecule has 2 aromatic carbocycles. The van der Waals surface area contributed by atoms with Crippen molar-refractivity contribution in [1.29, 1.82) is 0 Å². The second-order valence-electron chi connectivity index (χ2n) is 7.95. The molecular weight excluding hydrogens is 356 g/mol. The van der Waals surface area contributed by atoms with Gasteiger partial charge in [-0.25, -0.2) is 0 Å². The molecule has 0 saturated carbocycles. The summed E-state index contributed by atoms with van der Waals surface area (Å²) in [5.41, 5.74) is 0. The molecule has 0 aliphatic carbocycles. The molecule has 0 unspecified atom stereocenters. The lowest BCUT2D eigenvalue weighted by Gasteiger charge is -2.43. The topological polar surface area (TPSA) is 40.2 Å².